The van der Waals surface area contributed by atoms with E-state index in [1.54, 1.807) is 0 Å². The van der Waals surface area contributed by atoms with Crippen LogP contribution in [-0.4, -0.2) is 5.88 Å². The summed E-state index contributed by atoms with van der Waals surface area (Å²) >= 11 is 11.3. The van der Waals surface area contributed by atoms with Crippen LogP contribution in [0.2, 0.25) is 5.02 Å². The van der Waals surface area contributed by atoms with E-state index in [0.717, 1.165) is 11.4 Å². The molecule has 0 heterocycles. The molecule has 0 saturated heterocycles. The standard InChI is InChI=1S/C10H10Cl2/c11-7-2-1-4-9-5-3-6-10(12)8-9/h1-3,5-6,8H,4,7H2. The molecule has 0 unspecified atom stereocenters. The van der Waals surface area contributed by atoms with Crippen LogP contribution in [0.5, 0.6) is 0 Å². The van der Waals surface area contributed by atoms with Crippen LogP contribution < -0.4 is 0 Å². The molecule has 0 nitrogen and oxygen atoms in total. The Hall–Kier alpha value is -0.460. The summed E-state index contributed by atoms with van der Waals surface area (Å²) in [6.45, 7) is 0. The summed E-state index contributed by atoms with van der Waals surface area (Å²) in [6, 6.07) is 7.83. The van der Waals surface area contributed by atoms with Crippen LogP contribution >= 0.6 is 23.2 Å². The van der Waals surface area contributed by atoms with Crippen molar-refractivity contribution in [3.05, 3.63) is 47.0 Å². The third kappa shape index (κ3) is 3.29. The molecule has 0 aromatic heterocycles. The van der Waals surface area contributed by atoms with E-state index >= 15 is 0 Å². The first-order valence-electron chi connectivity index (χ1n) is 3.78. The zero-order valence-corrected chi connectivity index (χ0v) is 8.15. The summed E-state index contributed by atoms with van der Waals surface area (Å²) in [5.74, 6) is 0.570. The Bertz CT molecular complexity index is 266. The summed E-state index contributed by atoms with van der Waals surface area (Å²) < 4.78 is 0. The van der Waals surface area contributed by atoms with Gasteiger partial charge in [0.15, 0.2) is 0 Å². The molecule has 12 heavy (non-hydrogen) atoms. The second-order valence-corrected chi connectivity index (χ2v) is 3.20. The van der Waals surface area contributed by atoms with Crippen LogP contribution in [-0.2, 0) is 6.42 Å². The van der Waals surface area contributed by atoms with Gasteiger partial charge >= 0.3 is 0 Å². The Morgan fingerprint density at radius 3 is 2.75 bits per heavy atom. The third-order valence-electron chi connectivity index (χ3n) is 1.50. The van der Waals surface area contributed by atoms with Gasteiger partial charge in [-0.3, -0.25) is 0 Å². The van der Waals surface area contributed by atoms with E-state index in [9.17, 15) is 0 Å². The lowest BCUT2D eigenvalue weighted by atomic mass is 10.1. The third-order valence-corrected chi connectivity index (χ3v) is 1.91. The van der Waals surface area contributed by atoms with Crippen LogP contribution in [0.1, 0.15) is 5.56 Å². The van der Waals surface area contributed by atoms with Gasteiger partial charge in [-0.1, -0.05) is 35.9 Å². The first kappa shape index (κ1) is 9.63. The molecule has 0 aliphatic rings. The van der Waals surface area contributed by atoms with Crippen LogP contribution in [0.15, 0.2) is 36.4 Å². The first-order valence-corrected chi connectivity index (χ1v) is 4.69. The maximum absolute atomic E-state index is 5.81. The fourth-order valence-corrected chi connectivity index (χ4v) is 1.29. The van der Waals surface area contributed by atoms with Gasteiger partial charge in [0.25, 0.3) is 0 Å². The van der Waals surface area contributed by atoms with Crippen molar-refractivity contribution < 1.29 is 0 Å². The number of rotatable bonds is 3. The van der Waals surface area contributed by atoms with E-state index < -0.39 is 0 Å². The minimum atomic E-state index is 0.570. The van der Waals surface area contributed by atoms with Crippen molar-refractivity contribution in [3.63, 3.8) is 0 Å². The quantitative estimate of drug-likeness (QED) is 0.516. The minimum absolute atomic E-state index is 0.570. The van der Waals surface area contributed by atoms with Crippen molar-refractivity contribution in [3.8, 4) is 0 Å². The molecular formula is C10H10Cl2. The van der Waals surface area contributed by atoms with Gasteiger partial charge in [-0.2, -0.15) is 0 Å². The van der Waals surface area contributed by atoms with Gasteiger partial charge in [-0.15, -0.1) is 11.6 Å². The van der Waals surface area contributed by atoms with Gasteiger partial charge in [-0.05, 0) is 24.1 Å². The van der Waals surface area contributed by atoms with Gasteiger partial charge in [0, 0.05) is 10.9 Å². The lowest BCUT2D eigenvalue weighted by molar-refractivity contribution is 1.26. The fraction of sp³-hybridized carbons (Fsp3) is 0.200. The van der Waals surface area contributed by atoms with Gasteiger partial charge < -0.3 is 0 Å². The predicted molar refractivity (Wildman–Crippen MR) is 55.0 cm³/mol. The largest absolute Gasteiger partial charge is 0.122 e. The van der Waals surface area contributed by atoms with Crippen molar-refractivity contribution in [2.24, 2.45) is 0 Å². The molecule has 0 N–H and O–H groups in total. The van der Waals surface area contributed by atoms with E-state index in [-0.39, 0.29) is 0 Å². The maximum atomic E-state index is 5.81. The average molecular weight is 201 g/mol. The van der Waals surface area contributed by atoms with E-state index in [1.165, 1.54) is 5.56 Å². The Morgan fingerprint density at radius 1 is 1.25 bits per heavy atom. The van der Waals surface area contributed by atoms with Gasteiger partial charge in [-0.25, -0.2) is 0 Å². The molecule has 0 saturated carbocycles. The highest BCUT2D eigenvalue weighted by molar-refractivity contribution is 6.30. The molecule has 0 bridgehead atoms. The smallest absolute Gasteiger partial charge is 0.0408 e. The Balaban J connectivity index is 2.57. The lowest BCUT2D eigenvalue weighted by Crippen LogP contribution is -1.79. The summed E-state index contributed by atoms with van der Waals surface area (Å²) in [7, 11) is 0. The molecule has 1 aromatic carbocycles. The molecule has 0 atom stereocenters. The van der Waals surface area contributed by atoms with E-state index in [1.807, 2.05) is 36.4 Å². The van der Waals surface area contributed by atoms with E-state index in [0.29, 0.717) is 5.88 Å². The lowest BCUT2D eigenvalue weighted by Gasteiger charge is -1.95. The highest BCUT2D eigenvalue weighted by Crippen LogP contribution is 2.11. The summed E-state index contributed by atoms with van der Waals surface area (Å²) in [4.78, 5) is 0. The number of hydrogen-bond donors (Lipinski definition) is 0. The van der Waals surface area contributed by atoms with E-state index in [2.05, 4.69) is 0 Å². The van der Waals surface area contributed by atoms with Crippen molar-refractivity contribution in [1.29, 1.82) is 0 Å². The minimum Gasteiger partial charge on any atom is -0.122 e. The second kappa shape index (κ2) is 5.23. The molecule has 0 fully saturated rings. The molecule has 1 rings (SSSR count). The van der Waals surface area contributed by atoms with Gasteiger partial charge in [0.2, 0.25) is 0 Å². The molecule has 1 aromatic rings. The fourth-order valence-electron chi connectivity index (χ4n) is 0.946. The number of halogens is 2. The van der Waals surface area contributed by atoms with Gasteiger partial charge in [0.05, 0.1) is 0 Å². The monoisotopic (exact) mass is 200 g/mol. The predicted octanol–water partition coefficient (Wildman–Crippen LogP) is 3.68. The van der Waals surface area contributed by atoms with E-state index in [4.69, 9.17) is 23.2 Å². The summed E-state index contributed by atoms with van der Waals surface area (Å²) in [5.41, 5.74) is 1.21. The highest BCUT2D eigenvalue weighted by atomic mass is 35.5. The Labute approximate surface area is 82.8 Å². The number of benzene rings is 1. The van der Waals surface area contributed by atoms with Crippen LogP contribution in [0.4, 0.5) is 0 Å². The topological polar surface area (TPSA) is 0 Å². The molecule has 0 radical (unpaired) electrons. The molecule has 64 valence electrons. The maximum Gasteiger partial charge on any atom is 0.0408 e. The summed E-state index contributed by atoms with van der Waals surface area (Å²) in [5, 5.41) is 0.784. The molecule has 0 aliphatic heterocycles. The molecule has 2 heteroatoms. The highest BCUT2D eigenvalue weighted by Gasteiger charge is 1.89. The zero-order valence-electron chi connectivity index (χ0n) is 6.63. The molecule has 0 amide bonds. The van der Waals surface area contributed by atoms with Crippen molar-refractivity contribution in [2.45, 2.75) is 6.42 Å². The van der Waals surface area contributed by atoms with Gasteiger partial charge in [0.1, 0.15) is 0 Å². The normalized spacial score (nSPS) is 10.8. The van der Waals surface area contributed by atoms with Crippen molar-refractivity contribution >= 4 is 23.2 Å². The second-order valence-electron chi connectivity index (χ2n) is 2.46. The molecular weight excluding hydrogens is 191 g/mol. The Kier molecular flexibility index (Phi) is 4.20. The molecule has 0 spiro atoms. The summed E-state index contributed by atoms with van der Waals surface area (Å²) in [6.07, 6.45) is 4.87. The van der Waals surface area contributed by atoms with Crippen LogP contribution in [0, 0.1) is 0 Å². The number of alkyl halides is 1. The van der Waals surface area contributed by atoms with Crippen molar-refractivity contribution in [2.75, 3.05) is 5.88 Å². The number of hydrogen-bond acceptors (Lipinski definition) is 0. The zero-order chi connectivity index (χ0) is 8.81. The number of allylic oxidation sites excluding steroid dienone is 2. The van der Waals surface area contributed by atoms with Crippen molar-refractivity contribution in [1.82, 2.24) is 0 Å². The van der Waals surface area contributed by atoms with Crippen LogP contribution in [0.25, 0.3) is 0 Å². The Morgan fingerprint density at radius 2 is 2.08 bits per heavy atom. The molecule has 0 aliphatic carbocycles. The first-order chi connectivity index (χ1) is 5.83. The average Bonchev–Trinajstić information content (AvgIpc) is 2.05. The van der Waals surface area contributed by atoms with Crippen LogP contribution in [0.3, 0.4) is 0 Å². The SMILES string of the molecule is ClCC=CCc1cccc(Cl)c1.